The monoisotopic (exact) mass is 339 g/mol. The summed E-state index contributed by atoms with van der Waals surface area (Å²) in [4.78, 5) is 15.5. The summed E-state index contributed by atoms with van der Waals surface area (Å²) in [6.45, 7) is 4.08. The van der Waals surface area contributed by atoms with Crippen LogP contribution < -0.4 is 4.90 Å². The quantitative estimate of drug-likeness (QED) is 0.930. The minimum absolute atomic E-state index is 0.0337. The number of nitrogens with zero attached hydrogens (tertiary/aromatic N) is 1. The minimum atomic E-state index is -0.0337. The molecule has 22 heavy (non-hydrogen) atoms. The van der Waals surface area contributed by atoms with Crippen molar-refractivity contribution < 1.29 is 14.1 Å². The third-order valence-corrected chi connectivity index (χ3v) is 4.53. The number of benzene rings is 1. The van der Waals surface area contributed by atoms with Crippen LogP contribution >= 0.6 is 23.2 Å². The molecule has 0 unspecified atom stereocenters. The topological polar surface area (TPSA) is 37.9 Å². The summed E-state index contributed by atoms with van der Waals surface area (Å²) in [5, 5.41) is 1.35. The van der Waals surface area contributed by atoms with E-state index in [4.69, 9.17) is 27.6 Å². The highest BCUT2D eigenvalue weighted by atomic mass is 35.5. The van der Waals surface area contributed by atoms with Gasteiger partial charge in [-0.2, -0.15) is 0 Å². The van der Waals surface area contributed by atoms with Crippen molar-refractivity contribution in [3.63, 3.8) is 0 Å². The lowest BCUT2D eigenvalue weighted by atomic mass is 10.2. The lowest BCUT2D eigenvalue weighted by Crippen LogP contribution is -3.13. The van der Waals surface area contributed by atoms with Gasteiger partial charge >= 0.3 is 0 Å². The molecule has 2 aromatic rings. The first-order valence-corrected chi connectivity index (χ1v) is 7.99. The number of furan rings is 1. The first kappa shape index (κ1) is 15.4. The third kappa shape index (κ3) is 3.46. The molecular formula is C16H17Cl2N2O2+. The van der Waals surface area contributed by atoms with Gasteiger partial charge in [-0.15, -0.1) is 0 Å². The van der Waals surface area contributed by atoms with E-state index in [0.717, 1.165) is 38.3 Å². The molecule has 1 aromatic heterocycles. The molecule has 1 aliphatic heterocycles. The van der Waals surface area contributed by atoms with E-state index in [1.807, 2.05) is 17.0 Å². The molecule has 1 saturated heterocycles. The normalized spacial score (nSPS) is 16.0. The highest BCUT2D eigenvalue weighted by molar-refractivity contribution is 6.35. The maximum Gasteiger partial charge on any atom is 0.289 e. The lowest BCUT2D eigenvalue weighted by molar-refractivity contribution is -0.917. The summed E-state index contributed by atoms with van der Waals surface area (Å²) in [7, 11) is 0. The molecule has 0 radical (unpaired) electrons. The van der Waals surface area contributed by atoms with Gasteiger partial charge in [0, 0.05) is 10.6 Å². The average molecular weight is 340 g/mol. The van der Waals surface area contributed by atoms with Crippen molar-refractivity contribution in [2.45, 2.75) is 6.54 Å². The molecule has 1 fully saturated rings. The number of rotatable bonds is 3. The molecule has 0 atom stereocenters. The van der Waals surface area contributed by atoms with E-state index in [1.54, 1.807) is 18.2 Å². The highest BCUT2D eigenvalue weighted by Crippen LogP contribution is 2.20. The van der Waals surface area contributed by atoms with Gasteiger partial charge in [0.25, 0.3) is 5.91 Å². The molecule has 0 saturated carbocycles. The summed E-state index contributed by atoms with van der Waals surface area (Å²) in [5.74, 6) is 0.373. The number of hydrogen-bond acceptors (Lipinski definition) is 2. The van der Waals surface area contributed by atoms with Crippen molar-refractivity contribution in [2.75, 3.05) is 26.2 Å². The Balaban J connectivity index is 1.56. The Labute approximate surface area is 139 Å². The fourth-order valence-electron chi connectivity index (χ4n) is 2.69. The van der Waals surface area contributed by atoms with Gasteiger partial charge in [-0.25, -0.2) is 0 Å². The molecule has 1 aromatic carbocycles. The Morgan fingerprint density at radius 3 is 2.64 bits per heavy atom. The van der Waals surface area contributed by atoms with Crippen LogP contribution in [0.1, 0.15) is 16.1 Å². The number of quaternary nitrogens is 1. The predicted molar refractivity (Wildman–Crippen MR) is 85.5 cm³/mol. The molecule has 2 heterocycles. The van der Waals surface area contributed by atoms with Crippen LogP contribution in [-0.2, 0) is 6.54 Å². The first-order chi connectivity index (χ1) is 10.6. The second kappa shape index (κ2) is 6.73. The molecule has 3 rings (SSSR count). The molecule has 6 heteroatoms. The Hall–Kier alpha value is -1.49. The molecule has 0 aliphatic carbocycles. The Morgan fingerprint density at radius 2 is 2.00 bits per heavy atom. The van der Waals surface area contributed by atoms with Crippen LogP contribution in [0.25, 0.3) is 0 Å². The maximum atomic E-state index is 12.2. The average Bonchev–Trinajstić information content (AvgIpc) is 3.04. The highest BCUT2D eigenvalue weighted by Gasteiger charge is 2.26. The SMILES string of the molecule is O=C(c1ccco1)N1CC[NH+](Cc2ccc(Cl)cc2Cl)CC1. The van der Waals surface area contributed by atoms with Gasteiger partial charge in [-0.3, -0.25) is 4.79 Å². The number of nitrogens with one attached hydrogen (secondary N) is 1. The van der Waals surface area contributed by atoms with Crippen molar-refractivity contribution in [3.05, 3.63) is 58.0 Å². The van der Waals surface area contributed by atoms with Crippen LogP contribution in [0.4, 0.5) is 0 Å². The smallest absolute Gasteiger partial charge is 0.289 e. The van der Waals surface area contributed by atoms with Crippen molar-refractivity contribution in [1.29, 1.82) is 0 Å². The van der Waals surface area contributed by atoms with Gasteiger partial charge in [-0.05, 0) is 24.3 Å². The third-order valence-electron chi connectivity index (χ3n) is 3.95. The molecule has 1 N–H and O–H groups in total. The molecule has 1 aliphatic rings. The number of carbonyl (C=O) groups excluding carboxylic acids is 1. The van der Waals surface area contributed by atoms with Crippen LogP contribution in [0.3, 0.4) is 0 Å². The van der Waals surface area contributed by atoms with E-state index in [1.165, 1.54) is 11.2 Å². The molecule has 0 bridgehead atoms. The van der Waals surface area contributed by atoms with Gasteiger partial charge in [0.15, 0.2) is 5.76 Å². The second-order valence-corrected chi connectivity index (χ2v) is 6.28. The Kier molecular flexibility index (Phi) is 4.71. The zero-order chi connectivity index (χ0) is 15.5. The first-order valence-electron chi connectivity index (χ1n) is 7.24. The number of carbonyl (C=O) groups is 1. The summed E-state index contributed by atoms with van der Waals surface area (Å²) >= 11 is 12.1. The summed E-state index contributed by atoms with van der Waals surface area (Å²) in [5.41, 5.74) is 1.09. The van der Waals surface area contributed by atoms with Crippen molar-refractivity contribution in [1.82, 2.24) is 4.90 Å². The zero-order valence-electron chi connectivity index (χ0n) is 12.0. The van der Waals surface area contributed by atoms with Crippen molar-refractivity contribution in [3.8, 4) is 0 Å². The van der Waals surface area contributed by atoms with Crippen molar-refractivity contribution in [2.24, 2.45) is 0 Å². The fourth-order valence-corrected chi connectivity index (χ4v) is 3.17. The molecule has 0 spiro atoms. The molecule has 116 valence electrons. The van der Waals surface area contributed by atoms with Gasteiger partial charge in [-0.1, -0.05) is 29.3 Å². The minimum Gasteiger partial charge on any atom is -0.459 e. The number of amides is 1. The molecule has 1 amide bonds. The van der Waals surface area contributed by atoms with E-state index in [2.05, 4.69) is 0 Å². The fraction of sp³-hybridized carbons (Fsp3) is 0.312. The second-order valence-electron chi connectivity index (χ2n) is 5.43. The van der Waals surface area contributed by atoms with Gasteiger partial charge in [0.1, 0.15) is 6.54 Å². The van der Waals surface area contributed by atoms with Gasteiger partial charge in [0.05, 0.1) is 37.5 Å². The number of halogens is 2. The van der Waals surface area contributed by atoms with E-state index in [-0.39, 0.29) is 5.91 Å². The maximum absolute atomic E-state index is 12.2. The van der Waals surface area contributed by atoms with Crippen molar-refractivity contribution >= 4 is 29.1 Å². The van der Waals surface area contributed by atoms with Crippen LogP contribution in [0.2, 0.25) is 10.0 Å². The van der Waals surface area contributed by atoms with E-state index in [9.17, 15) is 4.79 Å². The van der Waals surface area contributed by atoms with Crippen LogP contribution in [0.5, 0.6) is 0 Å². The predicted octanol–water partition coefficient (Wildman–Crippen LogP) is 2.13. The summed E-state index contributed by atoms with van der Waals surface area (Å²) in [6.07, 6.45) is 1.53. The van der Waals surface area contributed by atoms with Gasteiger partial charge in [0.2, 0.25) is 0 Å². The lowest BCUT2D eigenvalue weighted by Gasteiger charge is -2.31. The largest absolute Gasteiger partial charge is 0.459 e. The van der Waals surface area contributed by atoms with E-state index < -0.39 is 0 Å². The Bertz CT molecular complexity index is 650. The van der Waals surface area contributed by atoms with Gasteiger partial charge < -0.3 is 14.2 Å². The van der Waals surface area contributed by atoms with E-state index in [0.29, 0.717) is 15.8 Å². The molecular weight excluding hydrogens is 323 g/mol. The summed E-state index contributed by atoms with van der Waals surface area (Å²) < 4.78 is 5.17. The number of hydrogen-bond donors (Lipinski definition) is 1. The van der Waals surface area contributed by atoms with Crippen LogP contribution in [0, 0.1) is 0 Å². The Morgan fingerprint density at radius 1 is 1.23 bits per heavy atom. The van der Waals surface area contributed by atoms with E-state index >= 15 is 0 Å². The van der Waals surface area contributed by atoms with Crippen LogP contribution in [0.15, 0.2) is 41.0 Å². The summed E-state index contributed by atoms with van der Waals surface area (Å²) in [6, 6.07) is 9.04. The molecule has 4 nitrogen and oxygen atoms in total. The number of piperazine rings is 1. The standard InChI is InChI=1S/C16H16Cl2N2O2/c17-13-4-3-12(14(18)10-13)11-19-5-7-20(8-6-19)16(21)15-2-1-9-22-15/h1-4,9-10H,5-8,11H2/p+1. The van der Waals surface area contributed by atoms with Crippen LogP contribution in [-0.4, -0.2) is 37.0 Å². The zero-order valence-corrected chi connectivity index (χ0v) is 13.5.